The predicted molar refractivity (Wildman–Crippen MR) is 117 cm³/mol. The monoisotopic (exact) mass is 451 g/mol. The topological polar surface area (TPSA) is 109 Å². The van der Waals surface area contributed by atoms with Crippen LogP contribution in [-0.4, -0.2) is 50.1 Å². The standard InChI is InChI=1S/C21H25NO8S/c1-26-15-11-19(28-3)16(20(12-15)29-4)8-9-31(24,25)13-14-6-7-18(27-2)17(10-14)22-21(23)30-5/h6-12H,13H2,1-5H3,(H,22,23)/b9-8+. The minimum atomic E-state index is -3.68. The third kappa shape index (κ3) is 6.29. The van der Waals surface area contributed by atoms with Gasteiger partial charge < -0.3 is 23.7 Å². The summed E-state index contributed by atoms with van der Waals surface area (Å²) >= 11 is 0. The average molecular weight is 451 g/mol. The number of nitrogens with one attached hydrogen (secondary N) is 1. The maximum absolute atomic E-state index is 12.7. The van der Waals surface area contributed by atoms with Crippen LogP contribution < -0.4 is 24.3 Å². The summed E-state index contributed by atoms with van der Waals surface area (Å²) in [6.45, 7) is 0. The van der Waals surface area contributed by atoms with Gasteiger partial charge in [0.25, 0.3) is 0 Å². The van der Waals surface area contributed by atoms with E-state index in [1.54, 1.807) is 24.3 Å². The largest absolute Gasteiger partial charge is 0.496 e. The highest BCUT2D eigenvalue weighted by Gasteiger charge is 2.15. The molecule has 0 aliphatic rings. The zero-order chi connectivity index (χ0) is 23.0. The quantitative estimate of drug-likeness (QED) is 0.617. The molecule has 0 saturated carbocycles. The molecule has 10 heteroatoms. The Bertz CT molecular complexity index is 1040. The minimum Gasteiger partial charge on any atom is -0.496 e. The molecule has 0 bridgehead atoms. The second-order valence-electron chi connectivity index (χ2n) is 6.21. The Morgan fingerprint density at radius 1 is 0.903 bits per heavy atom. The number of benzene rings is 2. The molecule has 2 rings (SSSR count). The van der Waals surface area contributed by atoms with E-state index in [1.165, 1.54) is 47.7 Å². The molecule has 0 aromatic heterocycles. The van der Waals surface area contributed by atoms with Crippen molar-refractivity contribution in [1.29, 1.82) is 0 Å². The number of anilines is 1. The summed E-state index contributed by atoms with van der Waals surface area (Å²) in [5.41, 5.74) is 1.20. The Labute approximate surface area is 181 Å². The van der Waals surface area contributed by atoms with E-state index >= 15 is 0 Å². The summed E-state index contributed by atoms with van der Waals surface area (Å²) in [6.07, 6.45) is 0.709. The van der Waals surface area contributed by atoms with Gasteiger partial charge in [-0.2, -0.15) is 0 Å². The van der Waals surface area contributed by atoms with Crippen molar-refractivity contribution in [3.8, 4) is 23.0 Å². The molecule has 168 valence electrons. The molecule has 0 spiro atoms. The molecule has 1 N–H and O–H groups in total. The van der Waals surface area contributed by atoms with Gasteiger partial charge in [0.1, 0.15) is 23.0 Å². The summed E-state index contributed by atoms with van der Waals surface area (Å²) in [5, 5.41) is 3.57. The van der Waals surface area contributed by atoms with Crippen LogP contribution in [0, 0.1) is 0 Å². The highest BCUT2D eigenvalue weighted by molar-refractivity contribution is 7.93. The van der Waals surface area contributed by atoms with Crippen molar-refractivity contribution in [3.05, 3.63) is 46.9 Å². The Morgan fingerprint density at radius 3 is 2.03 bits per heavy atom. The van der Waals surface area contributed by atoms with Crippen molar-refractivity contribution in [1.82, 2.24) is 0 Å². The van der Waals surface area contributed by atoms with Gasteiger partial charge in [-0.15, -0.1) is 0 Å². The zero-order valence-electron chi connectivity index (χ0n) is 17.9. The van der Waals surface area contributed by atoms with Crippen LogP contribution in [-0.2, 0) is 20.3 Å². The van der Waals surface area contributed by atoms with Crippen molar-refractivity contribution < 1.29 is 36.9 Å². The summed E-state index contributed by atoms with van der Waals surface area (Å²) in [5.74, 6) is 1.38. The molecule has 0 aliphatic carbocycles. The van der Waals surface area contributed by atoms with Gasteiger partial charge in [0.15, 0.2) is 9.84 Å². The van der Waals surface area contributed by atoms with Gasteiger partial charge in [-0.25, -0.2) is 13.2 Å². The van der Waals surface area contributed by atoms with Crippen LogP contribution >= 0.6 is 0 Å². The fourth-order valence-electron chi connectivity index (χ4n) is 2.75. The molecule has 9 nitrogen and oxygen atoms in total. The lowest BCUT2D eigenvalue weighted by Crippen LogP contribution is -2.12. The molecule has 2 aromatic rings. The van der Waals surface area contributed by atoms with E-state index in [-0.39, 0.29) is 5.75 Å². The van der Waals surface area contributed by atoms with Gasteiger partial charge in [-0.3, -0.25) is 5.32 Å². The second kappa shape index (κ2) is 10.6. The van der Waals surface area contributed by atoms with E-state index in [0.717, 1.165) is 5.41 Å². The molecule has 31 heavy (non-hydrogen) atoms. The average Bonchev–Trinajstić information content (AvgIpc) is 2.76. The first kappa shape index (κ1) is 23.9. The summed E-state index contributed by atoms with van der Waals surface area (Å²) in [7, 11) is 3.42. The number of rotatable bonds is 9. The smallest absolute Gasteiger partial charge is 0.411 e. The number of amides is 1. The highest BCUT2D eigenvalue weighted by atomic mass is 32.2. The van der Waals surface area contributed by atoms with Crippen LogP contribution in [0.5, 0.6) is 23.0 Å². The first-order chi connectivity index (χ1) is 14.8. The molecule has 0 fully saturated rings. The third-order valence-corrected chi connectivity index (χ3v) is 5.54. The Kier molecular flexibility index (Phi) is 8.14. The molecule has 0 radical (unpaired) electrons. The number of carbonyl (C=O) groups excluding carboxylic acids is 1. The van der Waals surface area contributed by atoms with Crippen LogP contribution in [0.1, 0.15) is 11.1 Å². The lowest BCUT2D eigenvalue weighted by atomic mass is 10.1. The second-order valence-corrected chi connectivity index (χ2v) is 8.09. The number of hydrogen-bond donors (Lipinski definition) is 1. The van der Waals surface area contributed by atoms with E-state index in [9.17, 15) is 13.2 Å². The van der Waals surface area contributed by atoms with Crippen LogP contribution in [0.2, 0.25) is 0 Å². The van der Waals surface area contributed by atoms with E-state index < -0.39 is 15.9 Å². The summed E-state index contributed by atoms with van der Waals surface area (Å²) in [4.78, 5) is 11.5. The maximum atomic E-state index is 12.7. The summed E-state index contributed by atoms with van der Waals surface area (Å²) < 4.78 is 51.0. The van der Waals surface area contributed by atoms with E-state index in [2.05, 4.69) is 10.1 Å². The first-order valence-electron chi connectivity index (χ1n) is 8.99. The Hall–Kier alpha value is -3.40. The molecular weight excluding hydrogens is 426 g/mol. The van der Waals surface area contributed by atoms with Crippen molar-refractivity contribution in [2.75, 3.05) is 40.9 Å². The lowest BCUT2D eigenvalue weighted by molar-refractivity contribution is 0.187. The molecule has 1 amide bonds. The third-order valence-electron chi connectivity index (χ3n) is 4.25. The SMILES string of the molecule is COC(=O)Nc1cc(CS(=O)(=O)/C=C/c2c(OC)cc(OC)cc2OC)ccc1OC. The predicted octanol–water partition coefficient (Wildman–Crippen LogP) is 3.49. The number of methoxy groups -OCH3 is 5. The Balaban J connectivity index is 2.33. The zero-order valence-corrected chi connectivity index (χ0v) is 18.7. The highest BCUT2D eigenvalue weighted by Crippen LogP contribution is 2.35. The number of carbonyl (C=O) groups is 1. The Morgan fingerprint density at radius 2 is 1.52 bits per heavy atom. The molecule has 0 unspecified atom stereocenters. The van der Waals surface area contributed by atoms with Crippen molar-refractivity contribution in [2.45, 2.75) is 5.75 Å². The van der Waals surface area contributed by atoms with Crippen LogP contribution in [0.4, 0.5) is 10.5 Å². The van der Waals surface area contributed by atoms with E-state index in [1.807, 2.05) is 0 Å². The molecule has 0 heterocycles. The lowest BCUT2D eigenvalue weighted by Gasteiger charge is -2.13. The van der Waals surface area contributed by atoms with E-state index in [4.69, 9.17) is 18.9 Å². The van der Waals surface area contributed by atoms with Crippen molar-refractivity contribution in [2.24, 2.45) is 0 Å². The van der Waals surface area contributed by atoms with Crippen LogP contribution in [0.25, 0.3) is 6.08 Å². The number of ether oxygens (including phenoxy) is 5. The van der Waals surface area contributed by atoms with Gasteiger partial charge in [0.2, 0.25) is 0 Å². The molecule has 2 aromatic carbocycles. The minimum absolute atomic E-state index is 0.296. The summed E-state index contributed by atoms with van der Waals surface area (Å²) in [6, 6.07) is 7.93. The number of sulfone groups is 1. The van der Waals surface area contributed by atoms with Gasteiger partial charge in [0.05, 0.1) is 52.6 Å². The fourth-order valence-corrected chi connectivity index (χ4v) is 3.84. The van der Waals surface area contributed by atoms with Crippen molar-refractivity contribution >= 4 is 27.7 Å². The number of hydrogen-bond acceptors (Lipinski definition) is 8. The van der Waals surface area contributed by atoms with E-state index in [0.29, 0.717) is 39.8 Å². The first-order valence-corrected chi connectivity index (χ1v) is 10.7. The maximum Gasteiger partial charge on any atom is 0.411 e. The molecule has 0 saturated heterocycles. The van der Waals surface area contributed by atoms with Crippen LogP contribution in [0.15, 0.2) is 35.7 Å². The van der Waals surface area contributed by atoms with Gasteiger partial charge >= 0.3 is 6.09 Å². The van der Waals surface area contributed by atoms with Crippen LogP contribution in [0.3, 0.4) is 0 Å². The van der Waals surface area contributed by atoms with Gasteiger partial charge in [-0.1, -0.05) is 6.07 Å². The van der Waals surface area contributed by atoms with Crippen molar-refractivity contribution in [3.63, 3.8) is 0 Å². The molecule has 0 atom stereocenters. The normalized spacial score (nSPS) is 11.1. The van der Waals surface area contributed by atoms with Gasteiger partial charge in [0, 0.05) is 17.5 Å². The molecular formula is C21H25NO8S. The van der Waals surface area contributed by atoms with Gasteiger partial charge in [-0.05, 0) is 23.8 Å². The fraction of sp³-hybridized carbons (Fsp3) is 0.286. The molecule has 0 aliphatic heterocycles.